The van der Waals surface area contributed by atoms with E-state index in [4.69, 9.17) is 5.11 Å². The summed E-state index contributed by atoms with van der Waals surface area (Å²) < 4.78 is 39.1. The summed E-state index contributed by atoms with van der Waals surface area (Å²) in [5.41, 5.74) is 0.773. The van der Waals surface area contributed by atoms with E-state index >= 15 is 0 Å². The van der Waals surface area contributed by atoms with E-state index in [0.717, 1.165) is 17.7 Å². The Morgan fingerprint density at radius 3 is 2.11 bits per heavy atom. The third kappa shape index (κ3) is 4.20. The van der Waals surface area contributed by atoms with Crippen molar-refractivity contribution in [1.29, 1.82) is 0 Å². The van der Waals surface area contributed by atoms with Gasteiger partial charge in [-0.1, -0.05) is 0 Å². The first kappa shape index (κ1) is 20.0. The van der Waals surface area contributed by atoms with Crippen LogP contribution in [0.2, 0.25) is 0 Å². The van der Waals surface area contributed by atoms with Gasteiger partial charge < -0.3 is 20.2 Å². The van der Waals surface area contributed by atoms with Crippen molar-refractivity contribution in [3.63, 3.8) is 0 Å². The molecule has 2 atom stereocenters. The largest absolute Gasteiger partial charge is 0.481 e. The van der Waals surface area contributed by atoms with Crippen LogP contribution < -0.4 is 5.32 Å². The topological polar surface area (TPSA) is 90.0 Å². The van der Waals surface area contributed by atoms with Gasteiger partial charge in [-0.25, -0.2) is 4.79 Å². The number of carbonyl (C=O) groups excluding carboxylic acids is 2. The molecular formula is C18H20F3N3O4. The van der Waals surface area contributed by atoms with Gasteiger partial charge in [-0.05, 0) is 37.1 Å². The van der Waals surface area contributed by atoms with Crippen LogP contribution in [0.15, 0.2) is 24.3 Å². The molecule has 2 fully saturated rings. The van der Waals surface area contributed by atoms with E-state index in [1.807, 2.05) is 0 Å². The number of carbonyl (C=O) groups is 3. The van der Waals surface area contributed by atoms with Crippen LogP contribution in [-0.2, 0) is 4.79 Å². The Labute approximate surface area is 159 Å². The van der Waals surface area contributed by atoms with Crippen molar-refractivity contribution in [1.82, 2.24) is 9.80 Å². The van der Waals surface area contributed by atoms with Crippen LogP contribution in [0.25, 0.3) is 0 Å². The number of likely N-dealkylation sites (tertiary alicyclic amines) is 2. The number of urea groups is 1. The highest BCUT2D eigenvalue weighted by atomic mass is 19.4. The van der Waals surface area contributed by atoms with Gasteiger partial charge in [0.15, 0.2) is 0 Å². The molecule has 10 heteroatoms. The monoisotopic (exact) mass is 399 g/mol. The van der Waals surface area contributed by atoms with Crippen molar-refractivity contribution in [2.24, 2.45) is 11.8 Å². The van der Waals surface area contributed by atoms with E-state index in [-0.39, 0.29) is 5.91 Å². The molecule has 0 bridgehead atoms. The molecule has 0 saturated carbocycles. The van der Waals surface area contributed by atoms with Gasteiger partial charge in [0.05, 0.1) is 11.8 Å². The van der Waals surface area contributed by atoms with Gasteiger partial charge in [-0.15, -0.1) is 0 Å². The summed E-state index contributed by atoms with van der Waals surface area (Å²) in [4.78, 5) is 38.2. The van der Waals surface area contributed by atoms with Crippen LogP contribution in [0, 0.1) is 11.8 Å². The number of rotatable bonds is 3. The van der Waals surface area contributed by atoms with E-state index in [9.17, 15) is 27.6 Å². The number of nitrogens with zero attached hydrogens (tertiary/aromatic N) is 2. The molecule has 3 rings (SSSR count). The minimum absolute atomic E-state index is 0.104. The highest BCUT2D eigenvalue weighted by Crippen LogP contribution is 2.37. The molecule has 7 nitrogen and oxygen atoms in total. The van der Waals surface area contributed by atoms with Crippen molar-refractivity contribution >= 4 is 23.6 Å². The number of hydrogen-bond acceptors (Lipinski definition) is 3. The lowest BCUT2D eigenvalue weighted by Crippen LogP contribution is -2.35. The van der Waals surface area contributed by atoms with Crippen LogP contribution in [0.1, 0.15) is 23.2 Å². The number of halogens is 3. The minimum Gasteiger partial charge on any atom is -0.481 e. The van der Waals surface area contributed by atoms with Gasteiger partial charge in [0.1, 0.15) is 0 Å². The number of anilines is 1. The highest BCUT2D eigenvalue weighted by molar-refractivity contribution is 5.95. The maximum Gasteiger partial charge on any atom is 0.394 e. The lowest BCUT2D eigenvalue weighted by Gasteiger charge is -2.19. The second-order valence-electron chi connectivity index (χ2n) is 7.00. The average molecular weight is 399 g/mol. The van der Waals surface area contributed by atoms with Crippen LogP contribution in [0.4, 0.5) is 23.7 Å². The molecule has 2 heterocycles. The first-order chi connectivity index (χ1) is 13.2. The lowest BCUT2D eigenvalue weighted by molar-refractivity contribution is -0.187. The first-order valence-corrected chi connectivity index (χ1v) is 8.91. The zero-order valence-corrected chi connectivity index (χ0v) is 14.9. The van der Waals surface area contributed by atoms with Crippen LogP contribution in [0.3, 0.4) is 0 Å². The SMILES string of the molecule is O=C(O)[C@@H]1CN(C(=O)Nc2ccc(C(=O)N3CCCC3)cc2)C[C@H]1C(F)(F)F. The number of aliphatic carboxylic acids is 1. The van der Waals surface area contributed by atoms with Gasteiger partial charge >= 0.3 is 18.2 Å². The number of amides is 3. The van der Waals surface area contributed by atoms with E-state index in [0.29, 0.717) is 24.3 Å². The number of alkyl halides is 3. The second kappa shape index (κ2) is 7.69. The average Bonchev–Trinajstić information content (AvgIpc) is 3.31. The number of benzene rings is 1. The summed E-state index contributed by atoms with van der Waals surface area (Å²) in [6.45, 7) is 0.184. The Balaban J connectivity index is 1.63. The quantitative estimate of drug-likeness (QED) is 0.818. The molecular weight excluding hydrogens is 379 g/mol. The molecule has 1 aromatic rings. The molecule has 3 amide bonds. The molecule has 0 aliphatic carbocycles. The smallest absolute Gasteiger partial charge is 0.394 e. The van der Waals surface area contributed by atoms with E-state index in [2.05, 4.69) is 5.32 Å². The molecule has 152 valence electrons. The zero-order chi connectivity index (χ0) is 20.5. The highest BCUT2D eigenvalue weighted by Gasteiger charge is 2.53. The Bertz CT molecular complexity index is 760. The van der Waals surface area contributed by atoms with Gasteiger partial charge in [-0.3, -0.25) is 9.59 Å². The molecule has 0 radical (unpaired) electrons. The summed E-state index contributed by atoms with van der Waals surface area (Å²) in [6.07, 6.45) is -2.77. The van der Waals surface area contributed by atoms with Crippen molar-refractivity contribution < 1.29 is 32.7 Å². The van der Waals surface area contributed by atoms with E-state index < -0.39 is 43.1 Å². The summed E-state index contributed by atoms with van der Waals surface area (Å²) in [6, 6.07) is 5.26. The molecule has 0 aromatic heterocycles. The third-order valence-corrected chi connectivity index (χ3v) is 5.12. The maximum atomic E-state index is 13.0. The predicted octanol–water partition coefficient (Wildman–Crippen LogP) is 2.65. The maximum absolute atomic E-state index is 13.0. The minimum atomic E-state index is -4.70. The standard InChI is InChI=1S/C18H20F3N3O4/c19-18(20,21)14-10-24(9-13(14)16(26)27)17(28)22-12-5-3-11(4-6-12)15(25)23-7-1-2-8-23/h3-6,13-14H,1-2,7-10H2,(H,22,28)(H,26,27)/t13-,14-/m1/s1. The van der Waals surface area contributed by atoms with Crippen molar-refractivity contribution in [2.45, 2.75) is 19.0 Å². The normalized spacial score (nSPS) is 22.4. The molecule has 2 saturated heterocycles. The fraction of sp³-hybridized carbons (Fsp3) is 0.500. The molecule has 0 unspecified atom stereocenters. The fourth-order valence-electron chi connectivity index (χ4n) is 3.55. The van der Waals surface area contributed by atoms with Gasteiger partial charge in [-0.2, -0.15) is 13.2 Å². The lowest BCUT2D eigenvalue weighted by atomic mass is 9.96. The summed E-state index contributed by atoms with van der Waals surface area (Å²) in [7, 11) is 0. The Morgan fingerprint density at radius 1 is 1.00 bits per heavy atom. The Morgan fingerprint density at radius 2 is 1.61 bits per heavy atom. The van der Waals surface area contributed by atoms with Gasteiger partial charge in [0.25, 0.3) is 5.91 Å². The summed E-state index contributed by atoms with van der Waals surface area (Å²) >= 11 is 0. The van der Waals surface area contributed by atoms with Crippen LogP contribution >= 0.6 is 0 Å². The van der Waals surface area contributed by atoms with E-state index in [1.165, 1.54) is 12.1 Å². The Kier molecular flexibility index (Phi) is 5.48. The van der Waals surface area contributed by atoms with Gasteiger partial charge in [0, 0.05) is 37.4 Å². The van der Waals surface area contributed by atoms with Gasteiger partial charge in [0.2, 0.25) is 0 Å². The molecule has 28 heavy (non-hydrogen) atoms. The molecule has 2 N–H and O–H groups in total. The first-order valence-electron chi connectivity index (χ1n) is 8.91. The molecule has 2 aliphatic rings. The molecule has 1 aromatic carbocycles. The molecule has 0 spiro atoms. The number of hydrogen-bond donors (Lipinski definition) is 2. The van der Waals surface area contributed by atoms with E-state index in [1.54, 1.807) is 17.0 Å². The second-order valence-corrected chi connectivity index (χ2v) is 7.00. The summed E-state index contributed by atoms with van der Waals surface area (Å²) in [5.74, 6) is -5.47. The van der Waals surface area contributed by atoms with Crippen LogP contribution in [0.5, 0.6) is 0 Å². The van der Waals surface area contributed by atoms with Crippen molar-refractivity contribution in [3.8, 4) is 0 Å². The molecule has 2 aliphatic heterocycles. The number of carboxylic acid groups (broad SMARTS) is 1. The van der Waals surface area contributed by atoms with Crippen molar-refractivity contribution in [2.75, 3.05) is 31.5 Å². The number of carboxylic acids is 1. The fourth-order valence-corrected chi connectivity index (χ4v) is 3.55. The van der Waals surface area contributed by atoms with Crippen molar-refractivity contribution in [3.05, 3.63) is 29.8 Å². The summed E-state index contributed by atoms with van der Waals surface area (Å²) in [5, 5.41) is 11.5. The number of nitrogens with one attached hydrogen (secondary N) is 1. The predicted molar refractivity (Wildman–Crippen MR) is 92.8 cm³/mol. The van der Waals surface area contributed by atoms with Crippen LogP contribution in [-0.4, -0.2) is 65.2 Å². The third-order valence-electron chi connectivity index (χ3n) is 5.12. The Hall–Kier alpha value is -2.78. The zero-order valence-electron chi connectivity index (χ0n) is 14.9.